The number of hydrogen-bond acceptors (Lipinski definition) is 4. The average molecular weight is 537 g/mol. The van der Waals surface area contributed by atoms with E-state index in [0.717, 1.165) is 18.1 Å². The molecule has 0 aliphatic carbocycles. The monoisotopic (exact) mass is 536 g/mol. The maximum absolute atomic E-state index is 13.6. The zero-order valence-electron chi connectivity index (χ0n) is 20.3. The van der Waals surface area contributed by atoms with Crippen LogP contribution in [0.3, 0.4) is 0 Å². The topological polar surface area (TPSA) is 78.4 Å². The summed E-state index contributed by atoms with van der Waals surface area (Å²) in [6.45, 7) is 4.29. The fraction of sp³-hybridized carbons (Fsp3) is 0.333. The van der Waals surface area contributed by atoms with Crippen LogP contribution in [0.25, 0.3) is 0 Å². The molecule has 36 heavy (non-hydrogen) atoms. The molecule has 0 heterocycles. The van der Waals surface area contributed by atoms with Gasteiger partial charge in [0, 0.05) is 25.2 Å². The quantitative estimate of drug-likeness (QED) is 0.307. The second kappa shape index (κ2) is 12.7. The zero-order valence-corrected chi connectivity index (χ0v) is 21.8. The van der Waals surface area contributed by atoms with Crippen molar-refractivity contribution in [2.45, 2.75) is 56.7 Å². The minimum Gasteiger partial charge on any atom is -0.390 e. The van der Waals surface area contributed by atoms with E-state index in [1.54, 1.807) is 19.1 Å². The van der Waals surface area contributed by atoms with E-state index in [0.29, 0.717) is 17.7 Å². The van der Waals surface area contributed by atoms with Gasteiger partial charge in [0.05, 0.1) is 11.1 Å². The molecular formula is C27H31ClF2N2O3S. The predicted molar refractivity (Wildman–Crippen MR) is 139 cm³/mol. The number of halogens is 3. The highest BCUT2D eigenvalue weighted by Crippen LogP contribution is 2.25. The number of aryl methyl sites for hydroxylation is 3. The second-order valence-corrected chi connectivity index (χ2v) is 10.9. The first kappa shape index (κ1) is 28.2. The van der Waals surface area contributed by atoms with Crippen molar-refractivity contribution in [1.82, 2.24) is 10.0 Å². The van der Waals surface area contributed by atoms with E-state index in [-0.39, 0.29) is 29.3 Å². The fourth-order valence-corrected chi connectivity index (χ4v) is 6.22. The molecule has 0 aliphatic heterocycles. The maximum Gasteiger partial charge on any atom is 0.242 e. The molecule has 0 aromatic heterocycles. The lowest BCUT2D eigenvalue weighted by atomic mass is 10.0. The second-order valence-electron chi connectivity index (χ2n) is 8.80. The molecule has 0 saturated heterocycles. The maximum atomic E-state index is 13.6. The van der Waals surface area contributed by atoms with Crippen LogP contribution in [-0.2, 0) is 29.4 Å². The predicted octanol–water partition coefficient (Wildman–Crippen LogP) is 4.92. The van der Waals surface area contributed by atoms with Gasteiger partial charge in [0.1, 0.15) is 16.5 Å². The fourth-order valence-electron chi connectivity index (χ4n) is 4.09. The first-order chi connectivity index (χ1) is 17.1. The SMILES string of the molecule is CCc1cccc(CNC[C@@H](O)[C@H](CCc2cc(F)cc(F)c2)NS(=O)(=O)c2c(C)cccc2Cl)c1. The molecule has 3 N–H and O–H groups in total. The number of nitrogens with one attached hydrogen (secondary N) is 2. The largest absolute Gasteiger partial charge is 0.390 e. The van der Waals surface area contributed by atoms with Gasteiger partial charge in [0.15, 0.2) is 0 Å². The first-order valence-corrected chi connectivity index (χ1v) is 13.6. The van der Waals surface area contributed by atoms with Crippen molar-refractivity contribution in [3.8, 4) is 0 Å². The molecule has 3 aromatic carbocycles. The Morgan fingerprint density at radius 2 is 1.64 bits per heavy atom. The summed E-state index contributed by atoms with van der Waals surface area (Å²) in [4.78, 5) is -0.0648. The van der Waals surface area contributed by atoms with Crippen LogP contribution in [-0.4, -0.2) is 32.2 Å². The lowest BCUT2D eigenvalue weighted by molar-refractivity contribution is 0.131. The Bertz CT molecular complexity index is 1250. The Labute approximate surface area is 216 Å². The molecule has 9 heteroatoms. The number of rotatable bonds is 12. The van der Waals surface area contributed by atoms with E-state index in [4.69, 9.17) is 11.6 Å². The van der Waals surface area contributed by atoms with Gasteiger partial charge in [-0.2, -0.15) is 0 Å². The molecule has 0 fully saturated rings. The molecule has 0 bridgehead atoms. The summed E-state index contributed by atoms with van der Waals surface area (Å²) in [5, 5.41) is 14.2. The first-order valence-electron chi connectivity index (χ1n) is 11.8. The van der Waals surface area contributed by atoms with Crippen molar-refractivity contribution in [3.05, 3.63) is 99.6 Å². The van der Waals surface area contributed by atoms with Crippen molar-refractivity contribution >= 4 is 21.6 Å². The third-order valence-electron chi connectivity index (χ3n) is 5.95. The van der Waals surface area contributed by atoms with Crippen LogP contribution in [0.2, 0.25) is 5.02 Å². The normalized spacial score (nSPS) is 13.5. The molecule has 2 atom stereocenters. The van der Waals surface area contributed by atoms with Gasteiger partial charge >= 0.3 is 0 Å². The Morgan fingerprint density at radius 1 is 0.972 bits per heavy atom. The van der Waals surface area contributed by atoms with E-state index in [1.165, 1.54) is 23.8 Å². The summed E-state index contributed by atoms with van der Waals surface area (Å²) in [5.74, 6) is -1.43. The molecule has 194 valence electrons. The van der Waals surface area contributed by atoms with Crippen LogP contribution in [0.1, 0.15) is 35.6 Å². The van der Waals surface area contributed by atoms with Crippen molar-refractivity contribution in [3.63, 3.8) is 0 Å². The zero-order chi connectivity index (χ0) is 26.3. The molecule has 0 saturated carbocycles. The molecule has 0 spiro atoms. The summed E-state index contributed by atoms with van der Waals surface area (Å²) in [6.07, 6.45) is 0.0524. The van der Waals surface area contributed by atoms with Gasteiger partial charge < -0.3 is 10.4 Å². The van der Waals surface area contributed by atoms with Crippen molar-refractivity contribution in [2.24, 2.45) is 0 Å². The molecule has 3 rings (SSSR count). The Kier molecular flexibility index (Phi) is 9.99. The third-order valence-corrected chi connectivity index (χ3v) is 8.07. The van der Waals surface area contributed by atoms with Gasteiger partial charge in [-0.1, -0.05) is 54.9 Å². The van der Waals surface area contributed by atoms with Gasteiger partial charge in [0.2, 0.25) is 10.0 Å². The van der Waals surface area contributed by atoms with Crippen LogP contribution >= 0.6 is 11.6 Å². The van der Waals surface area contributed by atoms with Crippen LogP contribution < -0.4 is 10.0 Å². The molecular weight excluding hydrogens is 506 g/mol. The minimum atomic E-state index is -4.09. The number of benzene rings is 3. The highest BCUT2D eigenvalue weighted by Gasteiger charge is 2.28. The van der Waals surface area contributed by atoms with Crippen molar-refractivity contribution in [2.75, 3.05) is 6.54 Å². The molecule has 0 amide bonds. The number of hydrogen-bond donors (Lipinski definition) is 3. The summed E-state index contributed by atoms with van der Waals surface area (Å²) in [5.41, 5.74) is 3.06. The third kappa shape index (κ3) is 7.82. The van der Waals surface area contributed by atoms with E-state index in [1.807, 2.05) is 18.2 Å². The van der Waals surface area contributed by atoms with Gasteiger partial charge in [-0.05, 0) is 66.6 Å². The van der Waals surface area contributed by atoms with Crippen molar-refractivity contribution < 1.29 is 22.3 Å². The molecule has 0 aliphatic rings. The summed E-state index contributed by atoms with van der Waals surface area (Å²) >= 11 is 6.18. The van der Waals surface area contributed by atoms with Crippen molar-refractivity contribution in [1.29, 1.82) is 0 Å². The molecule has 3 aromatic rings. The van der Waals surface area contributed by atoms with Gasteiger partial charge in [-0.15, -0.1) is 0 Å². The van der Waals surface area contributed by atoms with Crippen LogP contribution in [0, 0.1) is 18.6 Å². The number of aliphatic hydroxyl groups is 1. The summed E-state index contributed by atoms with van der Waals surface area (Å²) in [6, 6.07) is 15.0. The Hall–Kier alpha value is -2.36. The highest BCUT2D eigenvalue weighted by molar-refractivity contribution is 7.89. The highest BCUT2D eigenvalue weighted by atomic mass is 35.5. The van der Waals surface area contributed by atoms with E-state index in [9.17, 15) is 22.3 Å². The molecule has 0 unspecified atom stereocenters. The molecule has 5 nitrogen and oxygen atoms in total. The summed E-state index contributed by atoms with van der Waals surface area (Å²) in [7, 11) is -4.09. The van der Waals surface area contributed by atoms with E-state index >= 15 is 0 Å². The smallest absolute Gasteiger partial charge is 0.242 e. The standard InChI is InChI=1S/C27H31ClF2N2O3S/c1-3-19-7-5-8-21(12-19)16-31-17-26(33)25(11-10-20-13-22(29)15-23(30)14-20)32-36(34,35)27-18(2)6-4-9-24(27)28/h4-9,12-15,25-26,31-33H,3,10-11,16-17H2,1-2H3/t25-,26+/m0/s1. The average Bonchev–Trinajstić information content (AvgIpc) is 2.81. The van der Waals surface area contributed by atoms with Gasteiger partial charge in [-0.3, -0.25) is 0 Å². The molecule has 0 radical (unpaired) electrons. The van der Waals surface area contributed by atoms with Crippen LogP contribution in [0.15, 0.2) is 65.6 Å². The van der Waals surface area contributed by atoms with Crippen LogP contribution in [0.5, 0.6) is 0 Å². The van der Waals surface area contributed by atoms with Gasteiger partial charge in [0.25, 0.3) is 0 Å². The summed E-state index contributed by atoms with van der Waals surface area (Å²) < 4.78 is 56.3. The lowest BCUT2D eigenvalue weighted by Crippen LogP contribution is -2.47. The number of sulfonamides is 1. The Balaban J connectivity index is 1.76. The minimum absolute atomic E-state index is 0.0648. The lowest BCUT2D eigenvalue weighted by Gasteiger charge is -2.25. The van der Waals surface area contributed by atoms with Gasteiger partial charge in [-0.25, -0.2) is 21.9 Å². The number of aliphatic hydroxyl groups excluding tert-OH is 1. The van der Waals surface area contributed by atoms with E-state index < -0.39 is 33.8 Å². The Morgan fingerprint density at radius 3 is 2.31 bits per heavy atom. The van der Waals surface area contributed by atoms with Crippen LogP contribution in [0.4, 0.5) is 8.78 Å². The van der Waals surface area contributed by atoms with E-state index in [2.05, 4.69) is 23.0 Å².